The van der Waals surface area contributed by atoms with Crippen LogP contribution in [0.3, 0.4) is 0 Å². The van der Waals surface area contributed by atoms with Gasteiger partial charge in [0.1, 0.15) is 6.26 Å². The van der Waals surface area contributed by atoms with Crippen molar-refractivity contribution in [2.45, 2.75) is 65.4 Å². The van der Waals surface area contributed by atoms with Crippen LogP contribution in [0.2, 0.25) is 0 Å². The van der Waals surface area contributed by atoms with E-state index in [1.54, 1.807) is 18.0 Å². The number of nitrogens with zero attached hydrogens (tertiary/aromatic N) is 1. The first-order valence-electron chi connectivity index (χ1n) is 10.4. The first-order valence-corrected chi connectivity index (χ1v) is 10.4. The van der Waals surface area contributed by atoms with Gasteiger partial charge in [0.15, 0.2) is 0 Å². The fourth-order valence-electron chi connectivity index (χ4n) is 7.26. The van der Waals surface area contributed by atoms with Gasteiger partial charge in [0.25, 0.3) is 0 Å². The number of aliphatic hydroxyl groups is 1. The number of allylic oxidation sites excluding steroid dienone is 3. The monoisotopic (exact) mass is 353 g/mol. The van der Waals surface area contributed by atoms with E-state index in [1.807, 2.05) is 0 Å². The molecule has 0 aromatic carbocycles. The quantitative estimate of drug-likeness (QED) is 0.703. The summed E-state index contributed by atoms with van der Waals surface area (Å²) >= 11 is 0. The number of hydrogen-bond donors (Lipinski definition) is 1. The molecule has 4 aliphatic rings. The summed E-state index contributed by atoms with van der Waals surface area (Å²) < 4.78 is 5.69. The average molecular weight is 354 g/mol. The molecule has 4 aliphatic carbocycles. The molecule has 2 fully saturated rings. The second-order valence-electron chi connectivity index (χ2n) is 9.80. The minimum absolute atomic E-state index is 0.128. The maximum Gasteiger partial charge on any atom is 0.221 e. The summed E-state index contributed by atoms with van der Waals surface area (Å²) in [6.07, 6.45) is 15.0. The SMILES string of the molecule is CC1C=C2CC(O)CC[C@]2(C)[C@@H]2CC[C@]3(C)C(c4ncco4)=CC[C@H]3[C@H]12. The molecule has 26 heavy (non-hydrogen) atoms. The van der Waals surface area contributed by atoms with E-state index in [1.165, 1.54) is 18.4 Å². The van der Waals surface area contributed by atoms with Gasteiger partial charge in [-0.05, 0) is 67.6 Å². The predicted molar refractivity (Wildman–Crippen MR) is 102 cm³/mol. The highest BCUT2D eigenvalue weighted by Gasteiger charge is 2.58. The van der Waals surface area contributed by atoms with E-state index in [4.69, 9.17) is 4.42 Å². The van der Waals surface area contributed by atoms with E-state index >= 15 is 0 Å². The maximum atomic E-state index is 10.2. The topological polar surface area (TPSA) is 46.3 Å². The van der Waals surface area contributed by atoms with Crippen molar-refractivity contribution in [3.8, 4) is 0 Å². The van der Waals surface area contributed by atoms with Gasteiger partial charge in [-0.2, -0.15) is 0 Å². The minimum Gasteiger partial charge on any atom is -0.445 e. The average Bonchev–Trinajstić information content (AvgIpc) is 3.23. The Morgan fingerprint density at radius 2 is 1.96 bits per heavy atom. The van der Waals surface area contributed by atoms with Crippen LogP contribution >= 0.6 is 0 Å². The molecule has 1 aromatic heterocycles. The van der Waals surface area contributed by atoms with Crippen LogP contribution in [-0.2, 0) is 0 Å². The molecule has 0 aliphatic heterocycles. The molecule has 5 rings (SSSR count). The zero-order valence-electron chi connectivity index (χ0n) is 16.2. The molecule has 3 nitrogen and oxygen atoms in total. The van der Waals surface area contributed by atoms with E-state index in [9.17, 15) is 5.11 Å². The fraction of sp³-hybridized carbons (Fsp3) is 0.696. The van der Waals surface area contributed by atoms with E-state index in [2.05, 4.69) is 37.9 Å². The van der Waals surface area contributed by atoms with Crippen LogP contribution < -0.4 is 0 Å². The summed E-state index contributed by atoms with van der Waals surface area (Å²) in [6, 6.07) is 0. The lowest BCUT2D eigenvalue weighted by molar-refractivity contribution is -0.0429. The molecule has 3 heteroatoms. The highest BCUT2D eigenvalue weighted by Crippen LogP contribution is 2.67. The predicted octanol–water partition coefficient (Wildman–Crippen LogP) is 5.24. The molecule has 2 unspecified atom stereocenters. The number of hydrogen-bond acceptors (Lipinski definition) is 3. The van der Waals surface area contributed by atoms with E-state index in [0.29, 0.717) is 17.3 Å². The van der Waals surface area contributed by atoms with Crippen LogP contribution in [0, 0.1) is 34.5 Å². The lowest BCUT2D eigenvalue weighted by Crippen LogP contribution is -2.52. The van der Waals surface area contributed by atoms with E-state index < -0.39 is 0 Å². The van der Waals surface area contributed by atoms with Crippen molar-refractivity contribution in [1.29, 1.82) is 0 Å². The molecular weight excluding hydrogens is 322 g/mol. The molecule has 7 atom stereocenters. The fourth-order valence-corrected chi connectivity index (χ4v) is 7.26. The van der Waals surface area contributed by atoms with Crippen molar-refractivity contribution in [2.24, 2.45) is 34.5 Å². The van der Waals surface area contributed by atoms with Crippen LogP contribution in [-0.4, -0.2) is 16.2 Å². The Kier molecular flexibility index (Phi) is 3.60. The lowest BCUT2D eigenvalue weighted by Gasteiger charge is -2.59. The third kappa shape index (κ3) is 2.13. The first kappa shape index (κ1) is 16.8. The normalized spacial score (nSPS) is 47.5. The van der Waals surface area contributed by atoms with Gasteiger partial charge in [-0.15, -0.1) is 0 Å². The van der Waals surface area contributed by atoms with E-state index in [-0.39, 0.29) is 11.5 Å². The van der Waals surface area contributed by atoms with Gasteiger partial charge in [-0.25, -0.2) is 4.98 Å². The number of rotatable bonds is 1. The summed E-state index contributed by atoms with van der Waals surface area (Å²) in [4.78, 5) is 4.47. The van der Waals surface area contributed by atoms with Crippen molar-refractivity contribution in [2.75, 3.05) is 0 Å². The van der Waals surface area contributed by atoms with Crippen LogP contribution in [0.15, 0.2) is 34.6 Å². The Bertz CT molecular complexity index is 763. The van der Waals surface area contributed by atoms with Gasteiger partial charge in [0.05, 0.1) is 12.3 Å². The summed E-state index contributed by atoms with van der Waals surface area (Å²) in [6.45, 7) is 7.37. The smallest absolute Gasteiger partial charge is 0.221 e. The standard InChI is InChI=1S/C23H31NO2/c1-14-12-15-13-16(25)6-8-22(15,2)18-7-9-23(3)17(20(14)18)4-5-19(23)21-24-10-11-26-21/h5,10-12,14,16-18,20,25H,4,6-9,13H2,1-3H3/t14?,16?,17-,18+,20-,22-,23-/m0/s1. The van der Waals surface area contributed by atoms with Crippen molar-refractivity contribution in [1.82, 2.24) is 4.98 Å². The summed E-state index contributed by atoms with van der Waals surface area (Å²) in [7, 11) is 0. The number of fused-ring (bicyclic) bond motifs is 5. The van der Waals surface area contributed by atoms with Gasteiger partial charge in [-0.3, -0.25) is 0 Å². The third-order valence-corrected chi connectivity index (χ3v) is 8.65. The summed E-state index contributed by atoms with van der Waals surface area (Å²) in [5.74, 6) is 3.58. The molecule has 0 spiro atoms. The van der Waals surface area contributed by atoms with Crippen LogP contribution in [0.4, 0.5) is 0 Å². The highest BCUT2D eigenvalue weighted by atomic mass is 16.3. The van der Waals surface area contributed by atoms with Gasteiger partial charge >= 0.3 is 0 Å². The summed E-state index contributed by atoms with van der Waals surface area (Å²) in [5.41, 5.74) is 3.38. The second-order valence-corrected chi connectivity index (χ2v) is 9.80. The minimum atomic E-state index is -0.128. The van der Waals surface area contributed by atoms with Gasteiger partial charge in [0.2, 0.25) is 5.89 Å². The van der Waals surface area contributed by atoms with Gasteiger partial charge in [-0.1, -0.05) is 38.5 Å². The largest absolute Gasteiger partial charge is 0.445 e. The van der Waals surface area contributed by atoms with Crippen molar-refractivity contribution < 1.29 is 9.52 Å². The van der Waals surface area contributed by atoms with Crippen LogP contribution in [0.1, 0.15) is 65.2 Å². The third-order valence-electron chi connectivity index (χ3n) is 8.65. The Labute approximate surface area is 156 Å². The highest BCUT2D eigenvalue weighted by molar-refractivity contribution is 5.67. The molecule has 0 amide bonds. The molecule has 2 saturated carbocycles. The lowest BCUT2D eigenvalue weighted by atomic mass is 9.45. The van der Waals surface area contributed by atoms with Gasteiger partial charge in [0, 0.05) is 11.0 Å². The molecule has 0 radical (unpaired) electrons. The maximum absolute atomic E-state index is 10.2. The van der Waals surface area contributed by atoms with Crippen LogP contribution in [0.25, 0.3) is 5.57 Å². The van der Waals surface area contributed by atoms with Crippen molar-refractivity contribution in [3.63, 3.8) is 0 Å². The second kappa shape index (κ2) is 5.58. The van der Waals surface area contributed by atoms with Crippen LogP contribution in [0.5, 0.6) is 0 Å². The molecule has 1 aromatic rings. The zero-order valence-corrected chi connectivity index (χ0v) is 16.2. The first-order chi connectivity index (χ1) is 12.4. The molecular formula is C23H31NO2. The van der Waals surface area contributed by atoms with Crippen molar-refractivity contribution in [3.05, 3.63) is 36.1 Å². The Morgan fingerprint density at radius 1 is 1.15 bits per heavy atom. The number of aromatic nitrogens is 1. The molecule has 0 bridgehead atoms. The molecule has 0 saturated heterocycles. The van der Waals surface area contributed by atoms with Crippen molar-refractivity contribution >= 4 is 5.57 Å². The molecule has 1 heterocycles. The Hall–Kier alpha value is -1.35. The van der Waals surface area contributed by atoms with Gasteiger partial charge < -0.3 is 9.52 Å². The Balaban J connectivity index is 1.52. The molecule has 140 valence electrons. The molecule has 1 N–H and O–H groups in total. The summed E-state index contributed by atoms with van der Waals surface area (Å²) in [5, 5.41) is 10.2. The Morgan fingerprint density at radius 3 is 2.73 bits per heavy atom. The number of oxazole rings is 1. The van der Waals surface area contributed by atoms with E-state index in [0.717, 1.165) is 43.4 Å². The zero-order chi connectivity index (χ0) is 18.1. The number of aliphatic hydroxyl groups excluding tert-OH is 1.